The summed E-state index contributed by atoms with van der Waals surface area (Å²) >= 11 is 0. The van der Waals surface area contributed by atoms with Crippen LogP contribution in [-0.2, 0) is 17.9 Å². The van der Waals surface area contributed by atoms with E-state index in [4.69, 9.17) is 9.47 Å². The number of aliphatic hydroxyl groups is 1. The number of nitrogens with zero attached hydrogens (tertiary/aromatic N) is 1. The van der Waals surface area contributed by atoms with Crippen LogP contribution in [0, 0.1) is 0 Å². The van der Waals surface area contributed by atoms with E-state index in [0.29, 0.717) is 19.7 Å². The third-order valence-electron chi connectivity index (χ3n) is 3.22. The third-order valence-corrected chi connectivity index (χ3v) is 3.22. The van der Waals surface area contributed by atoms with E-state index in [1.165, 1.54) is 0 Å². The molecule has 2 aromatic rings. The maximum absolute atomic E-state index is 9.90. The first kappa shape index (κ1) is 16.4. The van der Waals surface area contributed by atoms with E-state index in [1.54, 1.807) is 19.5 Å². The summed E-state index contributed by atoms with van der Waals surface area (Å²) in [6, 6.07) is 11.6. The molecular formula is C17H22N2O3. The van der Waals surface area contributed by atoms with Crippen molar-refractivity contribution in [3.63, 3.8) is 0 Å². The van der Waals surface area contributed by atoms with Gasteiger partial charge in [0.1, 0.15) is 5.75 Å². The monoisotopic (exact) mass is 302 g/mol. The average Bonchev–Trinajstić information content (AvgIpc) is 2.56. The molecule has 0 aliphatic rings. The van der Waals surface area contributed by atoms with Gasteiger partial charge >= 0.3 is 0 Å². The standard InChI is InChI=1S/C17H22N2O3/c1-21-17-5-3-2-4-15(17)12-22-13-16(20)11-19-10-14-6-8-18-9-7-14/h2-9,16,19-20H,10-13H2,1H3. The Balaban J connectivity index is 1.64. The van der Waals surface area contributed by atoms with Crippen LogP contribution in [0.25, 0.3) is 0 Å². The summed E-state index contributed by atoms with van der Waals surface area (Å²) in [6.45, 7) is 1.88. The summed E-state index contributed by atoms with van der Waals surface area (Å²) < 4.78 is 10.8. The smallest absolute Gasteiger partial charge is 0.124 e. The highest BCUT2D eigenvalue weighted by molar-refractivity contribution is 5.32. The summed E-state index contributed by atoms with van der Waals surface area (Å²) in [5, 5.41) is 13.1. The van der Waals surface area contributed by atoms with Gasteiger partial charge in [0.05, 0.1) is 26.4 Å². The maximum atomic E-state index is 9.90. The van der Waals surface area contributed by atoms with E-state index in [9.17, 15) is 5.11 Å². The number of ether oxygens (including phenoxy) is 2. The van der Waals surface area contributed by atoms with E-state index < -0.39 is 6.10 Å². The molecule has 5 nitrogen and oxygen atoms in total. The van der Waals surface area contributed by atoms with Gasteiger partial charge in [-0.3, -0.25) is 4.98 Å². The quantitative estimate of drug-likeness (QED) is 0.739. The largest absolute Gasteiger partial charge is 0.496 e. The van der Waals surface area contributed by atoms with Crippen molar-refractivity contribution in [3.8, 4) is 5.75 Å². The lowest BCUT2D eigenvalue weighted by molar-refractivity contribution is 0.0281. The Bertz CT molecular complexity index is 549. The molecule has 0 saturated carbocycles. The summed E-state index contributed by atoms with van der Waals surface area (Å²) in [5.74, 6) is 0.799. The fourth-order valence-electron chi connectivity index (χ4n) is 2.07. The van der Waals surface area contributed by atoms with Crippen LogP contribution in [0.3, 0.4) is 0 Å². The van der Waals surface area contributed by atoms with Crippen LogP contribution in [0.15, 0.2) is 48.8 Å². The Morgan fingerprint density at radius 3 is 2.73 bits per heavy atom. The summed E-state index contributed by atoms with van der Waals surface area (Å²) in [5.41, 5.74) is 2.11. The summed E-state index contributed by atoms with van der Waals surface area (Å²) in [6.07, 6.45) is 2.96. The molecule has 0 saturated heterocycles. The Kier molecular flexibility index (Phi) is 6.83. The van der Waals surface area contributed by atoms with Gasteiger partial charge in [-0.05, 0) is 23.8 Å². The average molecular weight is 302 g/mol. The number of hydrogen-bond donors (Lipinski definition) is 2. The van der Waals surface area contributed by atoms with E-state index in [1.807, 2.05) is 36.4 Å². The second-order valence-corrected chi connectivity index (χ2v) is 4.97. The molecule has 0 aliphatic heterocycles. The normalized spacial score (nSPS) is 12.1. The van der Waals surface area contributed by atoms with Crippen molar-refractivity contribution in [3.05, 3.63) is 59.9 Å². The van der Waals surface area contributed by atoms with Gasteiger partial charge in [-0.25, -0.2) is 0 Å². The van der Waals surface area contributed by atoms with Crippen molar-refractivity contribution in [1.29, 1.82) is 0 Å². The first-order valence-electron chi connectivity index (χ1n) is 7.27. The van der Waals surface area contributed by atoms with Gasteiger partial charge in [-0.1, -0.05) is 18.2 Å². The van der Waals surface area contributed by atoms with Crippen LogP contribution in [-0.4, -0.2) is 36.5 Å². The maximum Gasteiger partial charge on any atom is 0.124 e. The molecule has 1 atom stereocenters. The number of aromatic nitrogens is 1. The van der Waals surface area contributed by atoms with E-state index in [0.717, 1.165) is 16.9 Å². The van der Waals surface area contributed by atoms with Crippen LogP contribution in [0.1, 0.15) is 11.1 Å². The zero-order valence-electron chi connectivity index (χ0n) is 12.7. The highest BCUT2D eigenvalue weighted by atomic mass is 16.5. The van der Waals surface area contributed by atoms with Gasteiger partial charge in [0.2, 0.25) is 0 Å². The number of pyridine rings is 1. The molecule has 0 bridgehead atoms. The van der Waals surface area contributed by atoms with Gasteiger partial charge in [0, 0.05) is 31.0 Å². The summed E-state index contributed by atoms with van der Waals surface area (Å²) in [7, 11) is 1.64. The van der Waals surface area contributed by atoms with Crippen molar-refractivity contribution in [2.75, 3.05) is 20.3 Å². The Morgan fingerprint density at radius 2 is 1.95 bits per heavy atom. The molecule has 0 aliphatic carbocycles. The van der Waals surface area contributed by atoms with Crippen molar-refractivity contribution in [1.82, 2.24) is 10.3 Å². The van der Waals surface area contributed by atoms with Crippen molar-refractivity contribution >= 4 is 0 Å². The molecule has 5 heteroatoms. The van der Waals surface area contributed by atoms with Crippen molar-refractivity contribution in [2.24, 2.45) is 0 Å². The molecule has 0 spiro atoms. The lowest BCUT2D eigenvalue weighted by atomic mass is 10.2. The van der Waals surface area contributed by atoms with Crippen LogP contribution in [0.4, 0.5) is 0 Å². The molecule has 0 radical (unpaired) electrons. The second kappa shape index (κ2) is 9.15. The minimum absolute atomic E-state index is 0.279. The van der Waals surface area contributed by atoms with Gasteiger partial charge < -0.3 is 19.9 Å². The first-order chi connectivity index (χ1) is 10.8. The number of para-hydroxylation sites is 1. The van der Waals surface area contributed by atoms with Crippen LogP contribution in [0.5, 0.6) is 5.75 Å². The molecule has 2 rings (SSSR count). The van der Waals surface area contributed by atoms with Crippen LogP contribution >= 0.6 is 0 Å². The predicted molar refractivity (Wildman–Crippen MR) is 84.6 cm³/mol. The van der Waals surface area contributed by atoms with E-state index in [-0.39, 0.29) is 6.61 Å². The highest BCUT2D eigenvalue weighted by Crippen LogP contribution is 2.17. The van der Waals surface area contributed by atoms with Crippen molar-refractivity contribution in [2.45, 2.75) is 19.3 Å². The minimum atomic E-state index is -0.545. The molecule has 0 fully saturated rings. The molecule has 1 heterocycles. The molecule has 0 amide bonds. The van der Waals surface area contributed by atoms with E-state index in [2.05, 4.69) is 10.3 Å². The Labute approximate surface area is 130 Å². The number of nitrogens with one attached hydrogen (secondary N) is 1. The second-order valence-electron chi connectivity index (χ2n) is 4.97. The molecule has 1 aromatic heterocycles. The topological polar surface area (TPSA) is 63.6 Å². The molecule has 1 aromatic carbocycles. The predicted octanol–water partition coefficient (Wildman–Crippen LogP) is 1.76. The Hall–Kier alpha value is -1.95. The molecule has 118 valence electrons. The van der Waals surface area contributed by atoms with Crippen LogP contribution < -0.4 is 10.1 Å². The minimum Gasteiger partial charge on any atom is -0.496 e. The fourth-order valence-corrected chi connectivity index (χ4v) is 2.07. The third kappa shape index (κ3) is 5.44. The number of benzene rings is 1. The van der Waals surface area contributed by atoms with E-state index >= 15 is 0 Å². The van der Waals surface area contributed by atoms with Gasteiger partial charge in [0.25, 0.3) is 0 Å². The molecule has 2 N–H and O–H groups in total. The lowest BCUT2D eigenvalue weighted by Gasteiger charge is -2.13. The molecule has 22 heavy (non-hydrogen) atoms. The number of hydrogen-bond acceptors (Lipinski definition) is 5. The van der Waals surface area contributed by atoms with Gasteiger partial charge in [-0.2, -0.15) is 0 Å². The fraction of sp³-hybridized carbons (Fsp3) is 0.353. The van der Waals surface area contributed by atoms with Gasteiger partial charge in [0.15, 0.2) is 0 Å². The summed E-state index contributed by atoms with van der Waals surface area (Å²) in [4.78, 5) is 3.96. The Morgan fingerprint density at radius 1 is 1.18 bits per heavy atom. The van der Waals surface area contributed by atoms with Crippen LogP contribution in [0.2, 0.25) is 0 Å². The molecular weight excluding hydrogens is 280 g/mol. The van der Waals surface area contributed by atoms with Gasteiger partial charge in [-0.15, -0.1) is 0 Å². The highest BCUT2D eigenvalue weighted by Gasteiger charge is 2.06. The molecule has 1 unspecified atom stereocenters. The van der Waals surface area contributed by atoms with Crippen molar-refractivity contribution < 1.29 is 14.6 Å². The first-order valence-corrected chi connectivity index (χ1v) is 7.27. The number of rotatable bonds is 9. The number of aliphatic hydroxyl groups excluding tert-OH is 1. The SMILES string of the molecule is COc1ccccc1COCC(O)CNCc1ccncc1. The zero-order valence-corrected chi connectivity index (χ0v) is 12.7. The zero-order chi connectivity index (χ0) is 15.6. The lowest BCUT2D eigenvalue weighted by Crippen LogP contribution is -2.30. The number of methoxy groups -OCH3 is 1.